The molecule has 1 aliphatic rings. The summed E-state index contributed by atoms with van der Waals surface area (Å²) in [5, 5.41) is 14.3. The van der Waals surface area contributed by atoms with Gasteiger partial charge < -0.3 is 10.2 Å². The van der Waals surface area contributed by atoms with E-state index in [9.17, 15) is 4.79 Å². The van der Waals surface area contributed by atoms with Gasteiger partial charge in [0.05, 0.1) is 12.2 Å². The lowest BCUT2D eigenvalue weighted by atomic mass is 10.1. The van der Waals surface area contributed by atoms with Gasteiger partial charge in [-0.15, -0.1) is 5.10 Å². The lowest BCUT2D eigenvalue weighted by Crippen LogP contribution is -2.39. The van der Waals surface area contributed by atoms with Gasteiger partial charge in [0.2, 0.25) is 5.91 Å². The number of fused-ring (bicyclic) bond motifs is 1. The van der Waals surface area contributed by atoms with Crippen LogP contribution in [-0.2, 0) is 11.2 Å². The van der Waals surface area contributed by atoms with Crippen LogP contribution < -0.4 is 10.2 Å². The molecule has 1 amide bonds. The molecule has 7 nitrogen and oxygen atoms in total. The molecule has 0 saturated heterocycles. The molecule has 0 bridgehead atoms. The van der Waals surface area contributed by atoms with E-state index in [1.54, 1.807) is 4.68 Å². The van der Waals surface area contributed by atoms with Crippen LogP contribution in [0, 0.1) is 0 Å². The number of nitrogens with one attached hydrogen (secondary N) is 1. The number of rotatable bonds is 4. The first kappa shape index (κ1) is 15.3. The van der Waals surface area contributed by atoms with Crippen LogP contribution in [0.5, 0.6) is 0 Å². The van der Waals surface area contributed by atoms with Gasteiger partial charge in [0, 0.05) is 17.4 Å². The second kappa shape index (κ2) is 6.35. The van der Waals surface area contributed by atoms with E-state index in [-0.39, 0.29) is 18.5 Å². The Labute approximate surface area is 145 Å². The Morgan fingerprint density at radius 3 is 2.76 bits per heavy atom. The highest BCUT2D eigenvalue weighted by Crippen LogP contribution is 2.31. The van der Waals surface area contributed by atoms with E-state index in [4.69, 9.17) is 0 Å². The van der Waals surface area contributed by atoms with Gasteiger partial charge in [0.25, 0.3) is 0 Å². The van der Waals surface area contributed by atoms with E-state index in [0.29, 0.717) is 0 Å². The van der Waals surface area contributed by atoms with Gasteiger partial charge in [0.1, 0.15) is 6.33 Å². The fourth-order valence-electron chi connectivity index (χ4n) is 3.22. The first-order valence-corrected chi connectivity index (χ1v) is 8.19. The zero-order chi connectivity index (χ0) is 17.2. The number of anilines is 2. The molecule has 0 fully saturated rings. The van der Waals surface area contributed by atoms with Crippen molar-refractivity contribution in [3.63, 3.8) is 0 Å². The summed E-state index contributed by atoms with van der Waals surface area (Å²) in [6, 6.07) is 15.9. The van der Waals surface area contributed by atoms with Crippen molar-refractivity contribution in [3.8, 4) is 5.69 Å². The molecule has 0 aliphatic carbocycles. The van der Waals surface area contributed by atoms with Crippen molar-refractivity contribution in [2.24, 2.45) is 0 Å². The van der Waals surface area contributed by atoms with E-state index in [1.165, 1.54) is 11.9 Å². The average Bonchev–Trinajstić information content (AvgIpc) is 3.27. The molecule has 25 heavy (non-hydrogen) atoms. The van der Waals surface area contributed by atoms with Gasteiger partial charge >= 0.3 is 0 Å². The minimum absolute atomic E-state index is 0.0713. The normalized spacial score (nSPS) is 15.9. The van der Waals surface area contributed by atoms with Crippen molar-refractivity contribution >= 4 is 17.3 Å². The van der Waals surface area contributed by atoms with Crippen LogP contribution in [0.3, 0.4) is 0 Å². The highest BCUT2D eigenvalue weighted by Gasteiger charge is 2.30. The van der Waals surface area contributed by atoms with Gasteiger partial charge in [-0.25, -0.2) is 4.68 Å². The van der Waals surface area contributed by atoms with Crippen molar-refractivity contribution in [2.75, 3.05) is 16.8 Å². The maximum absolute atomic E-state index is 12.7. The quantitative estimate of drug-likeness (QED) is 0.790. The summed E-state index contributed by atoms with van der Waals surface area (Å²) in [5.74, 6) is 0.0713. The molecule has 2 heterocycles. The number of para-hydroxylation sites is 1. The third kappa shape index (κ3) is 2.96. The van der Waals surface area contributed by atoms with Crippen molar-refractivity contribution in [1.29, 1.82) is 0 Å². The summed E-state index contributed by atoms with van der Waals surface area (Å²) >= 11 is 0. The van der Waals surface area contributed by atoms with E-state index in [2.05, 4.69) is 33.8 Å². The van der Waals surface area contributed by atoms with Crippen LogP contribution in [-0.4, -0.2) is 38.7 Å². The summed E-state index contributed by atoms with van der Waals surface area (Å²) in [7, 11) is 0. The average molecular weight is 334 g/mol. The highest BCUT2D eigenvalue weighted by molar-refractivity contribution is 5.98. The van der Waals surface area contributed by atoms with Crippen LogP contribution in [0.2, 0.25) is 0 Å². The summed E-state index contributed by atoms with van der Waals surface area (Å²) in [6.07, 6.45) is 2.45. The van der Waals surface area contributed by atoms with E-state index < -0.39 is 0 Å². The number of carbonyl (C=O) groups excluding carboxylic acids is 1. The van der Waals surface area contributed by atoms with E-state index in [1.807, 2.05) is 47.4 Å². The zero-order valence-electron chi connectivity index (χ0n) is 13.8. The third-order valence-corrected chi connectivity index (χ3v) is 4.40. The molecule has 4 rings (SSSR count). The Hall–Kier alpha value is -3.22. The molecule has 0 unspecified atom stereocenters. The number of amides is 1. The number of hydrogen-bond acceptors (Lipinski definition) is 5. The number of carbonyl (C=O) groups is 1. The molecule has 1 atom stereocenters. The maximum Gasteiger partial charge on any atom is 0.246 e. The van der Waals surface area contributed by atoms with Gasteiger partial charge in [-0.3, -0.25) is 4.79 Å². The van der Waals surface area contributed by atoms with Crippen molar-refractivity contribution in [2.45, 2.75) is 19.4 Å². The number of aromatic nitrogens is 4. The van der Waals surface area contributed by atoms with Gasteiger partial charge in [0.15, 0.2) is 0 Å². The third-order valence-electron chi connectivity index (χ3n) is 4.40. The Kier molecular flexibility index (Phi) is 3.89. The van der Waals surface area contributed by atoms with E-state index in [0.717, 1.165) is 23.5 Å². The first-order valence-electron chi connectivity index (χ1n) is 8.19. The lowest BCUT2D eigenvalue weighted by Gasteiger charge is -2.23. The molecule has 1 aliphatic heterocycles. The number of tetrazole rings is 1. The number of hydrogen-bond donors (Lipinski definition) is 1. The molecular weight excluding hydrogens is 316 g/mol. The Bertz CT molecular complexity index is 875. The topological polar surface area (TPSA) is 75.9 Å². The van der Waals surface area contributed by atoms with Crippen LogP contribution in [0.25, 0.3) is 5.69 Å². The minimum Gasteiger partial charge on any atom is -0.376 e. The molecular formula is C18H18N6O. The molecule has 0 radical (unpaired) electrons. The minimum atomic E-state index is 0.0713. The largest absolute Gasteiger partial charge is 0.376 e. The van der Waals surface area contributed by atoms with Crippen molar-refractivity contribution in [3.05, 3.63) is 60.4 Å². The first-order chi connectivity index (χ1) is 12.2. The van der Waals surface area contributed by atoms with Crippen LogP contribution >= 0.6 is 0 Å². The maximum atomic E-state index is 12.7. The summed E-state index contributed by atoms with van der Waals surface area (Å²) < 4.78 is 1.58. The predicted octanol–water partition coefficient (Wildman–Crippen LogP) is 2.05. The monoisotopic (exact) mass is 334 g/mol. The molecule has 0 saturated carbocycles. The summed E-state index contributed by atoms with van der Waals surface area (Å²) in [5.41, 5.74) is 4.00. The van der Waals surface area contributed by atoms with Gasteiger partial charge in [-0.1, -0.05) is 18.2 Å². The van der Waals surface area contributed by atoms with Gasteiger partial charge in [-0.05, 0) is 59.7 Å². The van der Waals surface area contributed by atoms with Crippen LogP contribution in [0.15, 0.2) is 54.9 Å². The van der Waals surface area contributed by atoms with Crippen LogP contribution in [0.1, 0.15) is 12.5 Å². The highest BCUT2D eigenvalue weighted by atomic mass is 16.2. The Morgan fingerprint density at radius 2 is 2.00 bits per heavy atom. The van der Waals surface area contributed by atoms with Crippen LogP contribution in [0.4, 0.5) is 11.4 Å². The molecule has 0 spiro atoms. The fourth-order valence-corrected chi connectivity index (χ4v) is 3.22. The van der Waals surface area contributed by atoms with E-state index >= 15 is 0 Å². The SMILES string of the molecule is C[C@@H]1Cc2ccccc2N1C(=O)CNc1ccc(-n2cnnn2)cc1. The Morgan fingerprint density at radius 1 is 1.20 bits per heavy atom. The second-order valence-electron chi connectivity index (χ2n) is 6.10. The molecule has 1 N–H and O–H groups in total. The smallest absolute Gasteiger partial charge is 0.246 e. The second-order valence-corrected chi connectivity index (χ2v) is 6.10. The standard InChI is InChI=1S/C18H18N6O/c1-13-10-14-4-2-3-5-17(14)24(13)18(25)11-19-15-6-8-16(9-7-15)23-12-20-21-22-23/h2-9,12-13,19H,10-11H2,1H3/t13-/m1/s1. The molecule has 126 valence electrons. The number of benzene rings is 2. The summed E-state index contributed by atoms with van der Waals surface area (Å²) in [6.45, 7) is 2.34. The summed E-state index contributed by atoms with van der Waals surface area (Å²) in [4.78, 5) is 14.6. The predicted molar refractivity (Wildman–Crippen MR) is 94.7 cm³/mol. The van der Waals surface area contributed by atoms with Crippen molar-refractivity contribution < 1.29 is 4.79 Å². The molecule has 7 heteroatoms. The fraction of sp³-hybridized carbons (Fsp3) is 0.222. The Balaban J connectivity index is 1.42. The molecule has 3 aromatic rings. The van der Waals surface area contributed by atoms with Crippen molar-refractivity contribution in [1.82, 2.24) is 20.2 Å². The molecule has 1 aromatic heterocycles. The lowest BCUT2D eigenvalue weighted by molar-refractivity contribution is -0.117. The number of nitrogens with zero attached hydrogens (tertiary/aromatic N) is 5. The molecule has 2 aromatic carbocycles. The van der Waals surface area contributed by atoms with Gasteiger partial charge in [-0.2, -0.15) is 0 Å². The zero-order valence-corrected chi connectivity index (χ0v) is 13.8.